The maximum Gasteiger partial charge on any atom is 0.410 e. The van der Waals surface area contributed by atoms with E-state index in [1.54, 1.807) is 24.3 Å². The van der Waals surface area contributed by atoms with E-state index in [9.17, 15) is 14.4 Å². The maximum atomic E-state index is 12.6. The Hall–Kier alpha value is -2.83. The van der Waals surface area contributed by atoms with Crippen molar-refractivity contribution in [1.82, 2.24) is 4.90 Å². The number of Topliss-reactive ketones (excluding diaryl/α,β-unsaturated/α-hetero) is 1. The second-order valence-electron chi connectivity index (χ2n) is 7.83. The summed E-state index contributed by atoms with van der Waals surface area (Å²) < 4.78 is 16.0. The zero-order valence-electron chi connectivity index (χ0n) is 15.9. The highest BCUT2D eigenvalue weighted by atomic mass is 16.6. The predicted octanol–water partition coefficient (Wildman–Crippen LogP) is 2.83. The molecular formula is C20H23NO6. The first-order valence-corrected chi connectivity index (χ1v) is 8.71. The number of esters is 1. The Labute approximate surface area is 157 Å². The minimum absolute atomic E-state index is 0.0478. The molecule has 2 heterocycles. The fourth-order valence-corrected chi connectivity index (χ4v) is 3.13. The molecule has 1 amide bonds. The fraction of sp³-hybridized carbons (Fsp3) is 0.450. The largest absolute Gasteiger partial charge is 0.482 e. The predicted molar refractivity (Wildman–Crippen MR) is 97.6 cm³/mol. The molecule has 27 heavy (non-hydrogen) atoms. The molecule has 1 fully saturated rings. The summed E-state index contributed by atoms with van der Waals surface area (Å²) >= 11 is 0. The van der Waals surface area contributed by atoms with E-state index in [4.69, 9.17) is 9.47 Å². The van der Waals surface area contributed by atoms with Crippen molar-refractivity contribution in [3.8, 4) is 5.75 Å². The number of rotatable bonds is 2. The van der Waals surface area contributed by atoms with Crippen LogP contribution in [0.1, 0.15) is 43.1 Å². The highest BCUT2D eigenvalue weighted by Crippen LogP contribution is 2.39. The van der Waals surface area contributed by atoms with E-state index >= 15 is 0 Å². The third-order valence-electron chi connectivity index (χ3n) is 4.34. The number of benzene rings is 1. The normalized spacial score (nSPS) is 17.9. The Kier molecular flexibility index (Phi) is 4.71. The Morgan fingerprint density at radius 2 is 1.96 bits per heavy atom. The van der Waals surface area contributed by atoms with Crippen molar-refractivity contribution >= 4 is 23.9 Å². The van der Waals surface area contributed by atoms with Crippen molar-refractivity contribution in [2.75, 3.05) is 20.2 Å². The van der Waals surface area contributed by atoms with Gasteiger partial charge >= 0.3 is 12.1 Å². The molecule has 0 aliphatic carbocycles. The molecule has 0 unspecified atom stereocenters. The number of fused-ring (bicyclic) bond motifs is 1. The quantitative estimate of drug-likeness (QED) is 0.586. The summed E-state index contributed by atoms with van der Waals surface area (Å²) in [5.74, 6) is -0.0235. The van der Waals surface area contributed by atoms with Gasteiger partial charge in [-0.25, -0.2) is 9.59 Å². The summed E-state index contributed by atoms with van der Waals surface area (Å²) in [7, 11) is 1.30. The van der Waals surface area contributed by atoms with Gasteiger partial charge in [-0.05, 0) is 44.5 Å². The van der Waals surface area contributed by atoms with Crippen LogP contribution in [0.15, 0.2) is 24.3 Å². The molecule has 0 radical (unpaired) electrons. The van der Waals surface area contributed by atoms with Crippen LogP contribution in [0.4, 0.5) is 4.79 Å². The molecule has 2 aliphatic rings. The van der Waals surface area contributed by atoms with Gasteiger partial charge in [0.1, 0.15) is 11.4 Å². The maximum absolute atomic E-state index is 12.6. The van der Waals surface area contributed by atoms with Gasteiger partial charge in [0.05, 0.1) is 32.2 Å². The summed E-state index contributed by atoms with van der Waals surface area (Å²) in [4.78, 5) is 37.5. The molecule has 1 spiro atoms. The van der Waals surface area contributed by atoms with Gasteiger partial charge < -0.3 is 14.2 Å². The van der Waals surface area contributed by atoms with Crippen LogP contribution >= 0.6 is 0 Å². The SMILES string of the molecule is COC(=O)/C=C/c1ccc2c(c1)C(=O)CC1(CN(C(=O)OC(C)(C)C)C1)O2. The lowest BCUT2D eigenvalue weighted by Crippen LogP contribution is -2.68. The number of hydrogen-bond acceptors (Lipinski definition) is 6. The molecule has 0 N–H and O–H groups in total. The van der Waals surface area contributed by atoms with Crippen molar-refractivity contribution < 1.29 is 28.6 Å². The molecule has 0 saturated carbocycles. The number of likely N-dealkylation sites (tertiary alicyclic amines) is 1. The number of amides is 1. The van der Waals surface area contributed by atoms with Gasteiger partial charge in [0.2, 0.25) is 0 Å². The van der Waals surface area contributed by atoms with Crippen LogP contribution < -0.4 is 4.74 Å². The number of ketones is 1. The lowest BCUT2D eigenvalue weighted by atomic mass is 9.83. The standard InChI is InChI=1S/C20H23NO6/c1-19(2,3)27-18(24)21-11-20(12-21)10-15(22)14-9-13(5-7-16(14)26-20)6-8-17(23)25-4/h5-9H,10-12H2,1-4H3/b8-6+. The van der Waals surface area contributed by atoms with Crippen LogP contribution in [0.2, 0.25) is 0 Å². The average Bonchev–Trinajstić information content (AvgIpc) is 2.55. The number of methoxy groups -OCH3 is 1. The van der Waals surface area contributed by atoms with Gasteiger partial charge in [-0.1, -0.05) is 6.07 Å². The van der Waals surface area contributed by atoms with Gasteiger partial charge in [-0.15, -0.1) is 0 Å². The number of hydrogen-bond donors (Lipinski definition) is 0. The van der Waals surface area contributed by atoms with Gasteiger partial charge in [-0.3, -0.25) is 9.69 Å². The third-order valence-corrected chi connectivity index (χ3v) is 4.34. The molecule has 144 valence electrons. The van der Waals surface area contributed by atoms with Crippen molar-refractivity contribution in [1.29, 1.82) is 0 Å². The van der Waals surface area contributed by atoms with Crippen molar-refractivity contribution in [3.63, 3.8) is 0 Å². The van der Waals surface area contributed by atoms with Crippen LogP contribution in [0.5, 0.6) is 5.75 Å². The Balaban J connectivity index is 1.69. The third kappa shape index (κ3) is 4.13. The molecule has 0 atom stereocenters. The van der Waals surface area contributed by atoms with E-state index in [0.29, 0.717) is 30.0 Å². The van der Waals surface area contributed by atoms with Crippen LogP contribution in [0.25, 0.3) is 6.08 Å². The summed E-state index contributed by atoms with van der Waals surface area (Å²) in [6, 6.07) is 5.16. The Morgan fingerprint density at radius 1 is 1.26 bits per heavy atom. The molecule has 0 aromatic heterocycles. The Bertz CT molecular complexity index is 814. The molecule has 2 aliphatic heterocycles. The molecule has 1 aromatic rings. The monoisotopic (exact) mass is 373 g/mol. The highest BCUT2D eigenvalue weighted by Gasteiger charge is 2.52. The van der Waals surface area contributed by atoms with E-state index in [0.717, 1.165) is 0 Å². The van der Waals surface area contributed by atoms with Crippen LogP contribution in [0, 0.1) is 0 Å². The van der Waals surface area contributed by atoms with E-state index in [1.165, 1.54) is 18.1 Å². The van der Waals surface area contributed by atoms with E-state index in [1.807, 2.05) is 20.8 Å². The molecule has 0 bridgehead atoms. The summed E-state index contributed by atoms with van der Waals surface area (Å²) in [6.07, 6.45) is 2.67. The summed E-state index contributed by atoms with van der Waals surface area (Å²) in [6.45, 7) is 6.06. The lowest BCUT2D eigenvalue weighted by molar-refractivity contribution is -0.134. The second-order valence-corrected chi connectivity index (χ2v) is 7.83. The average molecular weight is 373 g/mol. The minimum atomic E-state index is -0.690. The first-order chi connectivity index (χ1) is 12.6. The van der Waals surface area contributed by atoms with Crippen LogP contribution in [-0.2, 0) is 14.3 Å². The fourth-order valence-electron chi connectivity index (χ4n) is 3.13. The van der Waals surface area contributed by atoms with E-state index in [2.05, 4.69) is 4.74 Å². The van der Waals surface area contributed by atoms with Crippen molar-refractivity contribution in [3.05, 3.63) is 35.4 Å². The van der Waals surface area contributed by atoms with E-state index < -0.39 is 23.3 Å². The van der Waals surface area contributed by atoms with Crippen LogP contribution in [-0.4, -0.2) is 54.1 Å². The van der Waals surface area contributed by atoms with Crippen molar-refractivity contribution in [2.24, 2.45) is 0 Å². The van der Waals surface area contributed by atoms with Crippen molar-refractivity contribution in [2.45, 2.75) is 38.4 Å². The lowest BCUT2D eigenvalue weighted by Gasteiger charge is -2.50. The highest BCUT2D eigenvalue weighted by molar-refractivity contribution is 6.01. The first kappa shape index (κ1) is 18.9. The molecule has 3 rings (SSSR count). The minimum Gasteiger partial charge on any atom is -0.482 e. The van der Waals surface area contributed by atoms with E-state index in [-0.39, 0.29) is 12.2 Å². The number of nitrogens with zero attached hydrogens (tertiary/aromatic N) is 1. The van der Waals surface area contributed by atoms with Gasteiger partial charge in [-0.2, -0.15) is 0 Å². The molecule has 7 nitrogen and oxygen atoms in total. The Morgan fingerprint density at radius 3 is 2.59 bits per heavy atom. The summed E-state index contributed by atoms with van der Waals surface area (Å²) in [5, 5.41) is 0. The second kappa shape index (κ2) is 6.72. The van der Waals surface area contributed by atoms with Gasteiger partial charge in [0.25, 0.3) is 0 Å². The number of ether oxygens (including phenoxy) is 3. The van der Waals surface area contributed by atoms with Gasteiger partial charge in [0.15, 0.2) is 11.4 Å². The molecule has 1 aromatic carbocycles. The molecule has 1 saturated heterocycles. The smallest absolute Gasteiger partial charge is 0.410 e. The first-order valence-electron chi connectivity index (χ1n) is 8.71. The topological polar surface area (TPSA) is 82.1 Å². The summed E-state index contributed by atoms with van der Waals surface area (Å²) in [5.41, 5.74) is -0.0758. The van der Waals surface area contributed by atoms with Gasteiger partial charge in [0, 0.05) is 6.08 Å². The number of carbonyl (C=O) groups excluding carboxylic acids is 3. The van der Waals surface area contributed by atoms with Crippen LogP contribution in [0.3, 0.4) is 0 Å². The zero-order chi connectivity index (χ0) is 19.8. The molecule has 7 heteroatoms. The number of carbonyl (C=O) groups is 3. The molecular weight excluding hydrogens is 350 g/mol. The zero-order valence-corrected chi connectivity index (χ0v) is 15.9.